The number of nitrogens with zero attached hydrogens (tertiary/aromatic N) is 4. The molecule has 0 unspecified atom stereocenters. The van der Waals surface area contributed by atoms with E-state index in [2.05, 4.69) is 32.1 Å². The average Bonchev–Trinajstić information content (AvgIpc) is 3.50. The molecule has 180 valence electrons. The Morgan fingerprint density at radius 3 is 2.83 bits per heavy atom. The zero-order valence-corrected chi connectivity index (χ0v) is 20.6. The van der Waals surface area contributed by atoms with Gasteiger partial charge in [0, 0.05) is 41.5 Å². The van der Waals surface area contributed by atoms with Gasteiger partial charge in [-0.15, -0.1) is 11.3 Å². The van der Waals surface area contributed by atoms with Crippen LogP contribution in [-0.4, -0.2) is 49.6 Å². The number of amides is 1. The molecule has 2 aromatic carbocycles. The molecule has 4 heterocycles. The number of fused-ring (bicyclic) bond motifs is 3. The summed E-state index contributed by atoms with van der Waals surface area (Å²) >= 11 is 1.63. The number of H-pyrrole nitrogens is 1. The second-order valence-corrected chi connectivity index (χ2v) is 10.0. The SMILES string of the molecule is CCN1CCc2nc(CC(=O)c3cccc4[nH]c(NC(=O)c5cc6ccccc6cn5)nc34)sc2C1. The van der Waals surface area contributed by atoms with E-state index in [9.17, 15) is 9.59 Å². The Labute approximate surface area is 211 Å². The fourth-order valence-corrected chi connectivity index (χ4v) is 5.73. The third-order valence-electron chi connectivity index (χ3n) is 6.52. The summed E-state index contributed by atoms with van der Waals surface area (Å²) in [6.07, 6.45) is 2.84. The highest BCUT2D eigenvalue weighted by Crippen LogP contribution is 2.27. The van der Waals surface area contributed by atoms with E-state index in [1.807, 2.05) is 36.4 Å². The minimum atomic E-state index is -0.373. The number of likely N-dealkylation sites (N-methyl/N-ethyl adjacent to an activating group) is 1. The molecule has 0 aliphatic carbocycles. The fraction of sp³-hybridized carbons (Fsp3) is 0.222. The van der Waals surface area contributed by atoms with Crippen LogP contribution in [0.25, 0.3) is 21.8 Å². The normalized spacial score (nSPS) is 13.7. The van der Waals surface area contributed by atoms with Crippen LogP contribution in [0.2, 0.25) is 0 Å². The summed E-state index contributed by atoms with van der Waals surface area (Å²) in [4.78, 5) is 46.4. The van der Waals surface area contributed by atoms with Crippen molar-refractivity contribution in [1.29, 1.82) is 0 Å². The van der Waals surface area contributed by atoms with Gasteiger partial charge in [-0.25, -0.2) is 9.97 Å². The van der Waals surface area contributed by atoms with Crippen molar-refractivity contribution in [2.24, 2.45) is 0 Å². The Morgan fingerprint density at radius 1 is 1.11 bits per heavy atom. The van der Waals surface area contributed by atoms with Gasteiger partial charge >= 0.3 is 0 Å². The first-order valence-electron chi connectivity index (χ1n) is 12.0. The topological polar surface area (TPSA) is 104 Å². The van der Waals surface area contributed by atoms with Crippen molar-refractivity contribution in [2.45, 2.75) is 26.3 Å². The number of benzene rings is 2. The Balaban J connectivity index is 1.22. The van der Waals surface area contributed by atoms with Crippen molar-refractivity contribution in [2.75, 3.05) is 18.4 Å². The predicted octanol–water partition coefficient (Wildman–Crippen LogP) is 4.62. The van der Waals surface area contributed by atoms with Gasteiger partial charge in [-0.1, -0.05) is 37.3 Å². The van der Waals surface area contributed by atoms with E-state index < -0.39 is 0 Å². The molecule has 1 amide bonds. The molecule has 6 rings (SSSR count). The number of aromatic nitrogens is 4. The van der Waals surface area contributed by atoms with Crippen molar-refractivity contribution in [1.82, 2.24) is 24.8 Å². The molecule has 1 aliphatic rings. The first-order chi connectivity index (χ1) is 17.6. The van der Waals surface area contributed by atoms with Gasteiger partial charge in [0.1, 0.15) is 16.2 Å². The minimum Gasteiger partial charge on any atom is -0.324 e. The number of hydrogen-bond donors (Lipinski definition) is 2. The van der Waals surface area contributed by atoms with E-state index in [4.69, 9.17) is 4.98 Å². The monoisotopic (exact) mass is 496 g/mol. The predicted molar refractivity (Wildman–Crippen MR) is 141 cm³/mol. The van der Waals surface area contributed by atoms with Crippen molar-refractivity contribution >= 4 is 50.8 Å². The van der Waals surface area contributed by atoms with Crippen LogP contribution in [0.15, 0.2) is 54.7 Å². The van der Waals surface area contributed by atoms with Gasteiger partial charge < -0.3 is 4.98 Å². The molecule has 0 saturated carbocycles. The number of hydrogen-bond acceptors (Lipinski definition) is 7. The molecule has 0 spiro atoms. The lowest BCUT2D eigenvalue weighted by Crippen LogP contribution is -2.29. The lowest BCUT2D eigenvalue weighted by Gasteiger charge is -2.23. The van der Waals surface area contributed by atoms with Crippen molar-refractivity contribution in [3.05, 3.63) is 81.6 Å². The summed E-state index contributed by atoms with van der Waals surface area (Å²) in [5.74, 6) is -0.142. The Bertz CT molecular complexity index is 1620. The summed E-state index contributed by atoms with van der Waals surface area (Å²) in [6, 6.07) is 14.9. The number of para-hydroxylation sites is 1. The van der Waals surface area contributed by atoms with E-state index >= 15 is 0 Å². The lowest BCUT2D eigenvalue weighted by atomic mass is 10.1. The zero-order chi connectivity index (χ0) is 24.6. The number of rotatable bonds is 6. The van der Waals surface area contributed by atoms with Crippen molar-refractivity contribution < 1.29 is 9.59 Å². The molecule has 9 heteroatoms. The van der Waals surface area contributed by atoms with Crippen LogP contribution < -0.4 is 5.32 Å². The maximum atomic E-state index is 13.2. The molecular formula is C27H24N6O2S. The minimum absolute atomic E-state index is 0.0420. The molecule has 5 aromatic rings. The highest BCUT2D eigenvalue weighted by atomic mass is 32.1. The van der Waals surface area contributed by atoms with E-state index in [0.29, 0.717) is 22.3 Å². The molecule has 0 radical (unpaired) electrons. The average molecular weight is 497 g/mol. The fourth-order valence-electron chi connectivity index (χ4n) is 4.58. The van der Waals surface area contributed by atoms with Crippen molar-refractivity contribution in [3.63, 3.8) is 0 Å². The second-order valence-electron chi connectivity index (χ2n) is 8.85. The largest absolute Gasteiger partial charge is 0.324 e. The van der Waals surface area contributed by atoms with Gasteiger partial charge in [0.2, 0.25) is 5.95 Å². The van der Waals surface area contributed by atoms with E-state index in [1.165, 1.54) is 4.88 Å². The van der Waals surface area contributed by atoms with Crippen molar-refractivity contribution in [3.8, 4) is 0 Å². The van der Waals surface area contributed by atoms with Crippen LogP contribution in [0.1, 0.15) is 43.3 Å². The van der Waals surface area contributed by atoms with E-state index in [1.54, 1.807) is 29.7 Å². The number of imidazole rings is 1. The first-order valence-corrected chi connectivity index (χ1v) is 12.8. The summed E-state index contributed by atoms with van der Waals surface area (Å²) in [7, 11) is 0. The summed E-state index contributed by atoms with van der Waals surface area (Å²) in [5.41, 5.74) is 3.14. The van der Waals surface area contributed by atoms with Crippen LogP contribution in [-0.2, 0) is 19.4 Å². The number of carbonyl (C=O) groups excluding carboxylic acids is 2. The summed E-state index contributed by atoms with van der Waals surface area (Å²) < 4.78 is 0. The van der Waals surface area contributed by atoms with Gasteiger partial charge in [0.15, 0.2) is 5.78 Å². The Morgan fingerprint density at radius 2 is 1.97 bits per heavy atom. The number of aromatic amines is 1. The summed E-state index contributed by atoms with van der Waals surface area (Å²) in [6.45, 7) is 5.09. The number of Topliss-reactive ketones (excluding diaryl/α,β-unsaturated/α-hetero) is 1. The molecule has 1 aliphatic heterocycles. The molecule has 0 bridgehead atoms. The van der Waals surface area contributed by atoms with Gasteiger partial charge in [0.05, 0.1) is 17.6 Å². The van der Waals surface area contributed by atoms with Gasteiger partial charge in [0.25, 0.3) is 5.91 Å². The second kappa shape index (κ2) is 9.25. The quantitative estimate of drug-likeness (QED) is 0.333. The van der Waals surface area contributed by atoms with Gasteiger partial charge in [-0.05, 0) is 30.1 Å². The molecule has 36 heavy (non-hydrogen) atoms. The number of carbonyl (C=O) groups is 2. The maximum Gasteiger partial charge on any atom is 0.276 e. The molecule has 0 atom stereocenters. The number of thiazole rings is 1. The van der Waals surface area contributed by atoms with Crippen LogP contribution in [0.5, 0.6) is 0 Å². The number of anilines is 1. The van der Waals surface area contributed by atoms with Crippen LogP contribution in [0.3, 0.4) is 0 Å². The zero-order valence-electron chi connectivity index (χ0n) is 19.7. The highest BCUT2D eigenvalue weighted by Gasteiger charge is 2.22. The maximum absolute atomic E-state index is 13.2. The van der Waals surface area contributed by atoms with Crippen LogP contribution in [0, 0.1) is 0 Å². The molecule has 2 N–H and O–H groups in total. The molecular weight excluding hydrogens is 472 g/mol. The smallest absolute Gasteiger partial charge is 0.276 e. The third-order valence-corrected chi connectivity index (χ3v) is 7.60. The molecule has 0 saturated heterocycles. The van der Waals surface area contributed by atoms with Crippen LogP contribution >= 0.6 is 11.3 Å². The Kier molecular flexibility index (Phi) is 5.79. The van der Waals surface area contributed by atoms with E-state index in [-0.39, 0.29) is 24.1 Å². The number of pyridine rings is 1. The molecule has 3 aromatic heterocycles. The Hall–Kier alpha value is -3.95. The highest BCUT2D eigenvalue weighted by molar-refractivity contribution is 7.11. The molecule has 8 nitrogen and oxygen atoms in total. The summed E-state index contributed by atoms with van der Waals surface area (Å²) in [5, 5.41) is 5.51. The van der Waals surface area contributed by atoms with E-state index in [0.717, 1.165) is 47.5 Å². The first kappa shape index (κ1) is 22.5. The van der Waals surface area contributed by atoms with Gasteiger partial charge in [-0.2, -0.15) is 0 Å². The lowest BCUT2D eigenvalue weighted by molar-refractivity contribution is 0.0992. The number of nitrogens with one attached hydrogen (secondary N) is 2. The standard InChI is InChI=1S/C27H24N6O2S/c1-2-33-11-10-19-23(15-33)36-24(29-19)13-22(34)18-8-5-9-20-25(18)31-27(30-20)32-26(35)21-12-16-6-3-4-7-17(16)14-28-21/h3-9,12,14H,2,10-11,13,15H2,1H3,(H2,30,31,32,35). The molecule has 0 fully saturated rings. The van der Waals surface area contributed by atoms with Gasteiger partial charge in [-0.3, -0.25) is 24.8 Å². The van der Waals surface area contributed by atoms with Crippen LogP contribution in [0.4, 0.5) is 5.95 Å². The third kappa shape index (κ3) is 4.27. The number of ketones is 1.